The van der Waals surface area contributed by atoms with Gasteiger partial charge in [-0.05, 0) is 37.0 Å². The fraction of sp³-hybridized carbons (Fsp3) is 0.846. The van der Waals surface area contributed by atoms with E-state index in [1.54, 1.807) is 0 Å². The first-order valence-electron chi connectivity index (χ1n) is 5.84. The summed E-state index contributed by atoms with van der Waals surface area (Å²) in [6, 6.07) is 0. The molecule has 0 nitrogen and oxygen atoms in total. The molecular weight excluding hydrogens is 188 g/mol. The van der Waals surface area contributed by atoms with Crippen molar-refractivity contribution in [3.63, 3.8) is 0 Å². The van der Waals surface area contributed by atoms with Gasteiger partial charge in [-0.2, -0.15) is 10.0 Å². The number of hydrogen-bond acceptors (Lipinski definition) is 0. The summed E-state index contributed by atoms with van der Waals surface area (Å²) in [6.45, 7) is 2.25. The van der Waals surface area contributed by atoms with Crippen LogP contribution >= 0.6 is 10.0 Å². The van der Waals surface area contributed by atoms with Crippen LogP contribution in [0.4, 0.5) is 0 Å². The van der Waals surface area contributed by atoms with Gasteiger partial charge in [0.15, 0.2) is 0 Å². The third-order valence-corrected chi connectivity index (χ3v) is 5.33. The lowest BCUT2D eigenvalue weighted by Gasteiger charge is -2.22. The zero-order valence-electron chi connectivity index (χ0n) is 9.94. The van der Waals surface area contributed by atoms with E-state index in [9.17, 15) is 0 Å². The van der Waals surface area contributed by atoms with Gasteiger partial charge in [-0.3, -0.25) is 0 Å². The predicted octanol–water partition coefficient (Wildman–Crippen LogP) is 4.00. The highest BCUT2D eigenvalue weighted by atomic mass is 32.3. The van der Waals surface area contributed by atoms with Crippen LogP contribution in [-0.4, -0.2) is 18.3 Å². The average Bonchev–Trinajstić information content (AvgIpc) is 2.19. The van der Waals surface area contributed by atoms with Crippen LogP contribution in [0.5, 0.6) is 0 Å². The molecule has 14 heavy (non-hydrogen) atoms. The molecule has 0 N–H and O–H groups in total. The van der Waals surface area contributed by atoms with Crippen LogP contribution < -0.4 is 0 Å². The Morgan fingerprint density at radius 1 is 1.14 bits per heavy atom. The Bertz CT molecular complexity index is 213. The molecule has 1 heteroatoms. The van der Waals surface area contributed by atoms with E-state index in [1.165, 1.54) is 37.9 Å². The summed E-state index contributed by atoms with van der Waals surface area (Å²) in [4.78, 5) is 0. The Kier molecular flexibility index (Phi) is 4.89. The van der Waals surface area contributed by atoms with Crippen molar-refractivity contribution in [1.82, 2.24) is 0 Å². The van der Waals surface area contributed by atoms with Crippen molar-refractivity contribution >= 4 is 10.0 Å². The maximum absolute atomic E-state index is 3.49. The normalized spacial score (nSPS) is 19.9. The molecule has 82 valence electrons. The predicted molar refractivity (Wildman–Crippen MR) is 68.9 cm³/mol. The van der Waals surface area contributed by atoms with Gasteiger partial charge in [0.05, 0.1) is 0 Å². The van der Waals surface area contributed by atoms with Crippen molar-refractivity contribution in [2.75, 3.05) is 18.3 Å². The van der Waals surface area contributed by atoms with Crippen LogP contribution in [0.25, 0.3) is 0 Å². The Hall–Kier alpha value is -0.0900. The molecule has 0 amide bonds. The van der Waals surface area contributed by atoms with Crippen LogP contribution in [0, 0.1) is 17.1 Å². The van der Waals surface area contributed by atoms with Gasteiger partial charge >= 0.3 is 0 Å². The quantitative estimate of drug-likeness (QED) is 0.607. The van der Waals surface area contributed by atoms with Crippen LogP contribution in [0.1, 0.15) is 45.4 Å². The topological polar surface area (TPSA) is 0 Å². The van der Waals surface area contributed by atoms with E-state index >= 15 is 0 Å². The molecule has 0 aliphatic heterocycles. The summed E-state index contributed by atoms with van der Waals surface area (Å²) < 4.78 is 0. The molecule has 0 unspecified atom stereocenters. The standard InChI is InChI=1S/C13H24S/c1-4-14(2,3)12-8-11-13-9-6-5-7-10-13/h13H,4-7,9-11H2,1-3H3. The number of hydrogen-bond donors (Lipinski definition) is 0. The molecule has 1 rings (SSSR count). The van der Waals surface area contributed by atoms with E-state index < -0.39 is 10.0 Å². The molecule has 0 bridgehead atoms. The van der Waals surface area contributed by atoms with Crippen LogP contribution in [0.2, 0.25) is 0 Å². The maximum Gasteiger partial charge on any atom is 0.0125 e. The molecule has 0 aromatic heterocycles. The Labute approximate surface area is 91.2 Å². The lowest BCUT2D eigenvalue weighted by Crippen LogP contribution is -2.05. The van der Waals surface area contributed by atoms with Crippen molar-refractivity contribution < 1.29 is 0 Å². The highest BCUT2D eigenvalue weighted by Gasteiger charge is 2.11. The smallest absolute Gasteiger partial charge is 0.0125 e. The summed E-state index contributed by atoms with van der Waals surface area (Å²) in [5.41, 5.74) is 0. The second-order valence-electron chi connectivity index (χ2n) is 4.81. The molecule has 1 aliphatic rings. The molecule has 0 saturated heterocycles. The van der Waals surface area contributed by atoms with Crippen molar-refractivity contribution in [3.8, 4) is 11.2 Å². The summed E-state index contributed by atoms with van der Waals surface area (Å²) in [7, 11) is -0.581. The molecule has 0 aromatic carbocycles. The maximum atomic E-state index is 3.49. The second-order valence-corrected chi connectivity index (χ2v) is 8.67. The molecule has 0 spiro atoms. The lowest BCUT2D eigenvalue weighted by molar-refractivity contribution is 0.365. The minimum absolute atomic E-state index is 0.581. The molecule has 0 heterocycles. The van der Waals surface area contributed by atoms with Gasteiger partial charge in [0.25, 0.3) is 0 Å². The Morgan fingerprint density at radius 3 is 2.36 bits per heavy atom. The van der Waals surface area contributed by atoms with E-state index in [1.807, 2.05) is 0 Å². The molecule has 0 aromatic rings. The SMILES string of the molecule is CCS(C)(C)C#CCC1CCCCC1. The third kappa shape index (κ3) is 4.42. The highest BCUT2D eigenvalue weighted by Crippen LogP contribution is 2.37. The van der Waals surface area contributed by atoms with E-state index in [4.69, 9.17) is 0 Å². The first-order chi connectivity index (χ1) is 6.64. The van der Waals surface area contributed by atoms with Gasteiger partial charge in [-0.25, -0.2) is 0 Å². The van der Waals surface area contributed by atoms with Gasteiger partial charge in [-0.1, -0.05) is 37.4 Å². The van der Waals surface area contributed by atoms with Gasteiger partial charge in [-0.15, -0.1) is 0 Å². The fourth-order valence-electron chi connectivity index (χ4n) is 1.84. The van der Waals surface area contributed by atoms with Crippen LogP contribution in [0.15, 0.2) is 0 Å². The largest absolute Gasteiger partial charge is 0.183 e. The van der Waals surface area contributed by atoms with Gasteiger partial charge in [0.1, 0.15) is 0 Å². The second kappa shape index (κ2) is 5.71. The van der Waals surface area contributed by atoms with Gasteiger partial charge in [0, 0.05) is 6.42 Å². The number of rotatable bonds is 2. The van der Waals surface area contributed by atoms with Crippen molar-refractivity contribution in [1.29, 1.82) is 0 Å². The molecule has 0 atom stereocenters. The zero-order valence-corrected chi connectivity index (χ0v) is 10.8. The van der Waals surface area contributed by atoms with E-state index in [0.717, 1.165) is 12.3 Å². The molecule has 0 radical (unpaired) electrons. The minimum Gasteiger partial charge on any atom is -0.183 e. The minimum atomic E-state index is -0.581. The fourth-order valence-corrected chi connectivity index (χ4v) is 2.46. The summed E-state index contributed by atoms with van der Waals surface area (Å²) in [5.74, 6) is 5.59. The van der Waals surface area contributed by atoms with Gasteiger partial charge in [0.2, 0.25) is 0 Å². The average molecular weight is 212 g/mol. The Balaban J connectivity index is 2.30. The molecule has 1 saturated carbocycles. The summed E-state index contributed by atoms with van der Waals surface area (Å²) >= 11 is 0. The monoisotopic (exact) mass is 212 g/mol. The third-order valence-electron chi connectivity index (χ3n) is 3.19. The van der Waals surface area contributed by atoms with Crippen molar-refractivity contribution in [2.24, 2.45) is 5.92 Å². The summed E-state index contributed by atoms with van der Waals surface area (Å²) in [6.07, 6.45) is 13.0. The highest BCUT2D eigenvalue weighted by molar-refractivity contribution is 8.36. The molecular formula is C13H24S. The van der Waals surface area contributed by atoms with E-state index in [-0.39, 0.29) is 0 Å². The first kappa shape index (κ1) is 12.0. The van der Waals surface area contributed by atoms with Gasteiger partial charge < -0.3 is 0 Å². The van der Waals surface area contributed by atoms with E-state index in [0.29, 0.717) is 0 Å². The molecule has 1 fully saturated rings. The Morgan fingerprint density at radius 2 is 1.79 bits per heavy atom. The first-order valence-corrected chi connectivity index (χ1v) is 8.46. The molecule has 1 aliphatic carbocycles. The van der Waals surface area contributed by atoms with E-state index in [2.05, 4.69) is 30.6 Å². The summed E-state index contributed by atoms with van der Waals surface area (Å²) in [5, 5.41) is 3.49. The lowest BCUT2D eigenvalue weighted by atomic mass is 9.87. The van der Waals surface area contributed by atoms with Crippen molar-refractivity contribution in [3.05, 3.63) is 0 Å². The van der Waals surface area contributed by atoms with Crippen LogP contribution in [-0.2, 0) is 0 Å². The zero-order chi connectivity index (χ0) is 10.4. The van der Waals surface area contributed by atoms with Crippen molar-refractivity contribution in [2.45, 2.75) is 45.4 Å². The van der Waals surface area contributed by atoms with Crippen LogP contribution in [0.3, 0.4) is 0 Å².